The summed E-state index contributed by atoms with van der Waals surface area (Å²) < 4.78 is 1.43. The minimum Gasteiger partial charge on any atom is -0.378 e. The second-order valence-electron chi connectivity index (χ2n) is 7.96. The van der Waals surface area contributed by atoms with Gasteiger partial charge in [-0.25, -0.2) is 4.68 Å². The molecule has 0 amide bonds. The van der Waals surface area contributed by atoms with Crippen molar-refractivity contribution in [2.24, 2.45) is 0 Å². The second-order valence-corrected chi connectivity index (χ2v) is 8.34. The van der Waals surface area contributed by atoms with Crippen LogP contribution in [0.25, 0.3) is 0 Å². The van der Waals surface area contributed by atoms with Crippen molar-refractivity contribution in [2.75, 3.05) is 18.4 Å². The Hall–Kier alpha value is -1.85. The lowest BCUT2D eigenvalue weighted by atomic mass is 10.0. The number of halogens is 1. The van der Waals surface area contributed by atoms with Crippen molar-refractivity contribution in [3.63, 3.8) is 0 Å². The monoisotopic (exact) mass is 374 g/mol. The molecule has 26 heavy (non-hydrogen) atoms. The van der Waals surface area contributed by atoms with Crippen LogP contribution < -0.4 is 10.9 Å². The first-order valence-electron chi connectivity index (χ1n) is 9.16. The van der Waals surface area contributed by atoms with Crippen molar-refractivity contribution in [3.05, 3.63) is 57.5 Å². The number of nitrogens with one attached hydrogen (secondary N) is 1. The SMILES string of the molecule is CC(C)(C)n1ncc(NC2CCCN(Cc3ccccc3)C2)c(Cl)c1=O. The van der Waals surface area contributed by atoms with E-state index in [0.29, 0.717) is 5.69 Å². The zero-order chi connectivity index (χ0) is 18.7. The molecule has 1 atom stereocenters. The topological polar surface area (TPSA) is 50.2 Å². The largest absolute Gasteiger partial charge is 0.378 e. The molecule has 1 saturated heterocycles. The molecule has 0 bridgehead atoms. The van der Waals surface area contributed by atoms with Gasteiger partial charge >= 0.3 is 0 Å². The summed E-state index contributed by atoms with van der Waals surface area (Å²) in [5.74, 6) is 0. The highest BCUT2D eigenvalue weighted by atomic mass is 35.5. The van der Waals surface area contributed by atoms with Gasteiger partial charge in [0.1, 0.15) is 5.02 Å². The lowest BCUT2D eigenvalue weighted by Crippen LogP contribution is -2.42. The van der Waals surface area contributed by atoms with Crippen LogP contribution in [0, 0.1) is 0 Å². The Morgan fingerprint density at radius 1 is 1.27 bits per heavy atom. The van der Waals surface area contributed by atoms with E-state index in [9.17, 15) is 4.79 Å². The Balaban J connectivity index is 1.69. The Bertz CT molecular complexity index is 798. The summed E-state index contributed by atoms with van der Waals surface area (Å²) in [4.78, 5) is 14.9. The quantitative estimate of drug-likeness (QED) is 0.885. The smallest absolute Gasteiger partial charge is 0.288 e. The summed E-state index contributed by atoms with van der Waals surface area (Å²) in [6.07, 6.45) is 3.85. The Labute approximate surface area is 160 Å². The molecule has 1 aromatic carbocycles. The lowest BCUT2D eigenvalue weighted by Gasteiger charge is -2.34. The summed E-state index contributed by atoms with van der Waals surface area (Å²) in [5.41, 5.74) is 1.31. The maximum Gasteiger partial charge on any atom is 0.288 e. The highest BCUT2D eigenvalue weighted by Gasteiger charge is 2.23. The Morgan fingerprint density at radius 3 is 2.69 bits per heavy atom. The minimum atomic E-state index is -0.392. The summed E-state index contributed by atoms with van der Waals surface area (Å²) in [6, 6.07) is 10.8. The molecular weight excluding hydrogens is 348 g/mol. The average Bonchev–Trinajstić information content (AvgIpc) is 2.59. The highest BCUT2D eigenvalue weighted by Crippen LogP contribution is 2.22. The standard InChI is InChI=1S/C20H27ClN4O/c1-20(2,3)25-19(26)18(21)17(12-22-25)23-16-10-7-11-24(14-16)13-15-8-5-4-6-9-15/h4-6,8-9,12,16,23H,7,10-11,13-14H2,1-3H3. The number of benzene rings is 1. The van der Waals surface area contributed by atoms with Crippen LogP contribution in [0.2, 0.25) is 5.02 Å². The van der Waals surface area contributed by atoms with Gasteiger partial charge in [0, 0.05) is 19.1 Å². The average molecular weight is 375 g/mol. The number of aromatic nitrogens is 2. The van der Waals surface area contributed by atoms with Gasteiger partial charge in [0.25, 0.3) is 5.56 Å². The molecule has 6 heteroatoms. The first-order valence-corrected chi connectivity index (χ1v) is 9.53. The third-order valence-electron chi connectivity index (χ3n) is 4.67. The molecule has 0 radical (unpaired) electrons. The number of nitrogens with zero attached hydrogens (tertiary/aromatic N) is 3. The summed E-state index contributed by atoms with van der Waals surface area (Å²) >= 11 is 6.34. The Kier molecular flexibility index (Phi) is 5.68. The predicted octanol–water partition coefficient (Wildman–Crippen LogP) is 3.73. The molecule has 2 heterocycles. The van der Waals surface area contributed by atoms with Crippen LogP contribution in [0.3, 0.4) is 0 Å². The molecule has 140 valence electrons. The molecule has 0 aliphatic carbocycles. The number of rotatable bonds is 4. The molecule has 1 unspecified atom stereocenters. The van der Waals surface area contributed by atoms with Crippen LogP contribution in [0.5, 0.6) is 0 Å². The molecule has 0 spiro atoms. The first-order chi connectivity index (χ1) is 12.3. The zero-order valence-corrected chi connectivity index (χ0v) is 16.5. The van der Waals surface area contributed by atoms with Crippen LogP contribution in [0.1, 0.15) is 39.2 Å². The number of hydrogen-bond donors (Lipinski definition) is 1. The summed E-state index contributed by atoms with van der Waals surface area (Å²) in [5, 5.41) is 7.96. The fourth-order valence-corrected chi connectivity index (χ4v) is 3.57. The lowest BCUT2D eigenvalue weighted by molar-refractivity contribution is 0.208. The van der Waals surface area contributed by atoms with E-state index in [4.69, 9.17) is 11.6 Å². The molecule has 1 fully saturated rings. The Morgan fingerprint density at radius 2 is 2.00 bits per heavy atom. The summed E-state index contributed by atoms with van der Waals surface area (Å²) in [7, 11) is 0. The van der Waals surface area contributed by atoms with Crippen molar-refractivity contribution in [3.8, 4) is 0 Å². The third-order valence-corrected chi connectivity index (χ3v) is 5.03. The van der Waals surface area contributed by atoms with Crippen molar-refractivity contribution < 1.29 is 0 Å². The normalized spacial score (nSPS) is 18.7. The number of piperidine rings is 1. The highest BCUT2D eigenvalue weighted by molar-refractivity contribution is 6.32. The third kappa shape index (κ3) is 4.46. The fraction of sp³-hybridized carbons (Fsp3) is 0.500. The molecule has 5 nitrogen and oxygen atoms in total. The minimum absolute atomic E-state index is 0.218. The molecule has 0 saturated carbocycles. The van der Waals surface area contributed by atoms with Gasteiger partial charge in [-0.05, 0) is 45.7 Å². The van der Waals surface area contributed by atoms with Gasteiger partial charge < -0.3 is 5.32 Å². The first kappa shape index (κ1) is 18.9. The van der Waals surface area contributed by atoms with E-state index in [0.717, 1.165) is 32.5 Å². The van der Waals surface area contributed by atoms with Crippen molar-refractivity contribution >= 4 is 17.3 Å². The zero-order valence-electron chi connectivity index (χ0n) is 15.7. The van der Waals surface area contributed by atoms with Gasteiger partial charge in [-0.2, -0.15) is 5.10 Å². The van der Waals surface area contributed by atoms with Gasteiger partial charge in [-0.1, -0.05) is 41.9 Å². The van der Waals surface area contributed by atoms with E-state index < -0.39 is 5.54 Å². The van der Waals surface area contributed by atoms with Gasteiger partial charge in [-0.3, -0.25) is 9.69 Å². The van der Waals surface area contributed by atoms with Gasteiger partial charge in [0.15, 0.2) is 0 Å². The van der Waals surface area contributed by atoms with Crippen molar-refractivity contribution in [1.29, 1.82) is 0 Å². The number of anilines is 1. The summed E-state index contributed by atoms with van der Waals surface area (Å²) in [6.45, 7) is 8.77. The van der Waals surface area contributed by atoms with Gasteiger partial charge in [0.05, 0.1) is 17.4 Å². The number of hydrogen-bond acceptors (Lipinski definition) is 4. The van der Waals surface area contributed by atoms with E-state index in [2.05, 4.69) is 39.6 Å². The van der Waals surface area contributed by atoms with E-state index in [1.807, 2.05) is 26.8 Å². The van der Waals surface area contributed by atoms with E-state index in [1.165, 1.54) is 10.2 Å². The van der Waals surface area contributed by atoms with E-state index >= 15 is 0 Å². The molecule has 1 aromatic heterocycles. The van der Waals surface area contributed by atoms with E-state index in [-0.39, 0.29) is 16.6 Å². The van der Waals surface area contributed by atoms with Crippen LogP contribution in [0.15, 0.2) is 41.3 Å². The molecule has 1 aliphatic heterocycles. The van der Waals surface area contributed by atoms with Crippen LogP contribution in [-0.4, -0.2) is 33.8 Å². The van der Waals surface area contributed by atoms with E-state index in [1.54, 1.807) is 6.20 Å². The molecule has 1 N–H and O–H groups in total. The van der Waals surface area contributed by atoms with Crippen LogP contribution >= 0.6 is 11.6 Å². The maximum atomic E-state index is 12.5. The van der Waals surface area contributed by atoms with Crippen molar-refractivity contribution in [1.82, 2.24) is 14.7 Å². The van der Waals surface area contributed by atoms with Crippen LogP contribution in [0.4, 0.5) is 5.69 Å². The van der Waals surface area contributed by atoms with Crippen molar-refractivity contribution in [2.45, 2.75) is 51.7 Å². The number of likely N-dealkylation sites (tertiary alicyclic amines) is 1. The molecule has 3 rings (SSSR count). The predicted molar refractivity (Wildman–Crippen MR) is 107 cm³/mol. The van der Waals surface area contributed by atoms with Gasteiger partial charge in [-0.15, -0.1) is 0 Å². The second kappa shape index (κ2) is 7.80. The molecular formula is C20H27ClN4O. The maximum absolute atomic E-state index is 12.5. The molecule has 1 aliphatic rings. The molecule has 2 aromatic rings. The van der Waals surface area contributed by atoms with Crippen LogP contribution in [-0.2, 0) is 12.1 Å². The fourth-order valence-electron chi connectivity index (χ4n) is 3.39. The van der Waals surface area contributed by atoms with Gasteiger partial charge in [0.2, 0.25) is 0 Å².